The highest BCUT2D eigenvalue weighted by atomic mass is 32.1. The molecule has 1 heterocycles. The minimum Gasteiger partial charge on any atom is -0.397 e. The molecule has 0 unspecified atom stereocenters. The molecule has 6 N–H and O–H groups in total. The van der Waals surface area contributed by atoms with E-state index in [1.54, 1.807) is 72.8 Å². The molecule has 0 bridgehead atoms. The van der Waals surface area contributed by atoms with Crippen LogP contribution in [0.2, 0.25) is 0 Å². The molecule has 2 aliphatic carbocycles. The quantitative estimate of drug-likeness (QED) is 0.109. The van der Waals surface area contributed by atoms with Crippen molar-refractivity contribution in [3.05, 3.63) is 122 Å². The molecule has 216 valence electrons. The van der Waals surface area contributed by atoms with Crippen LogP contribution in [0.5, 0.6) is 0 Å². The molecule has 12 heteroatoms. The van der Waals surface area contributed by atoms with Crippen LogP contribution in [0.3, 0.4) is 0 Å². The maximum Gasteiger partial charge on any atom is 0.196 e. The molecule has 0 fully saturated rings. The first-order valence-corrected chi connectivity index (χ1v) is 13.2. The number of hydrogen-bond donors (Lipinski definition) is 4. The average molecular weight is 645 g/mol. The van der Waals surface area contributed by atoms with Gasteiger partial charge in [-0.25, -0.2) is 0 Å². The van der Waals surface area contributed by atoms with Crippen LogP contribution >= 0.6 is 50.1 Å². The minimum atomic E-state index is -0.245. The van der Waals surface area contributed by atoms with E-state index >= 15 is 0 Å². The zero-order chi connectivity index (χ0) is 29.4. The summed E-state index contributed by atoms with van der Waals surface area (Å²) in [6.45, 7) is 0. The summed E-state index contributed by atoms with van der Waals surface area (Å²) >= 11 is 13.0. The number of aromatic nitrogens is 2. The first kappa shape index (κ1) is 32.9. The topological polar surface area (TPSA) is 152 Å². The van der Waals surface area contributed by atoms with Crippen LogP contribution in [0.1, 0.15) is 71.1 Å². The van der Waals surface area contributed by atoms with Crippen LogP contribution in [0.15, 0.2) is 72.8 Å². The number of aromatic amines is 2. The second-order valence-electron chi connectivity index (χ2n) is 8.97. The van der Waals surface area contributed by atoms with Crippen molar-refractivity contribution >= 4 is 100 Å². The number of benzene rings is 4. The van der Waals surface area contributed by atoms with Gasteiger partial charge in [0.05, 0.1) is 33.5 Å². The third kappa shape index (κ3) is 5.62. The molecule has 8 nitrogen and oxygen atoms in total. The van der Waals surface area contributed by atoms with Crippen molar-refractivity contribution < 1.29 is 19.2 Å². The van der Waals surface area contributed by atoms with Gasteiger partial charge in [0.15, 0.2) is 27.9 Å². The number of nitrogens with two attached hydrogens (primary N) is 2. The highest BCUT2D eigenvalue weighted by Gasteiger charge is 2.32. The van der Waals surface area contributed by atoms with E-state index in [1.165, 1.54) is 0 Å². The fraction of sp³-hybridized carbons (Fsp3) is 0.0323. The molecule has 7 rings (SSSR count). The van der Waals surface area contributed by atoms with Crippen molar-refractivity contribution in [2.45, 2.75) is 7.43 Å². The van der Waals surface area contributed by atoms with Gasteiger partial charge in [-0.3, -0.25) is 19.2 Å². The molecule has 5 aromatic rings. The number of hydrogen-bond acceptors (Lipinski definition) is 9. The summed E-state index contributed by atoms with van der Waals surface area (Å²) < 4.78 is 2.35. The zero-order valence-electron chi connectivity index (χ0n) is 21.4. The number of thiocarbonyl (C=S) groups is 2. The molecule has 1 aromatic heterocycles. The number of ketones is 4. The molecule has 0 saturated carbocycles. The number of fused-ring (bicyclic) bond motifs is 6. The fourth-order valence-corrected chi connectivity index (χ4v) is 5.13. The van der Waals surface area contributed by atoms with Crippen molar-refractivity contribution in [1.29, 1.82) is 0 Å². The number of imidazole rings is 1. The predicted molar refractivity (Wildman–Crippen MR) is 183 cm³/mol. The first-order valence-electron chi connectivity index (χ1n) is 12.0. The lowest BCUT2D eigenvalue weighted by molar-refractivity contribution is 0.0980. The van der Waals surface area contributed by atoms with Crippen molar-refractivity contribution in [1.82, 2.24) is 9.97 Å². The van der Waals surface area contributed by atoms with Crippen LogP contribution < -0.4 is 11.5 Å². The van der Waals surface area contributed by atoms with Gasteiger partial charge in [0.25, 0.3) is 0 Å². The molecule has 0 aliphatic heterocycles. The Kier molecular flexibility index (Phi) is 10.1. The number of carbonyl (C=O) groups is 4. The summed E-state index contributed by atoms with van der Waals surface area (Å²) in [7, 11) is 0. The van der Waals surface area contributed by atoms with E-state index in [9.17, 15) is 19.2 Å². The van der Waals surface area contributed by atoms with E-state index in [2.05, 4.69) is 34.4 Å². The lowest BCUT2D eigenvalue weighted by Gasteiger charge is -2.19. The highest BCUT2D eigenvalue weighted by Crippen LogP contribution is 2.34. The Morgan fingerprint density at radius 2 is 1.00 bits per heavy atom. The monoisotopic (exact) mass is 644 g/mol. The van der Waals surface area contributed by atoms with Gasteiger partial charge in [0.2, 0.25) is 0 Å². The number of nitrogen functional groups attached to an aromatic ring is 2. The Balaban J connectivity index is 0.000000208. The lowest BCUT2D eigenvalue weighted by Crippen LogP contribution is -2.22. The van der Waals surface area contributed by atoms with E-state index < -0.39 is 0 Å². The van der Waals surface area contributed by atoms with Crippen LogP contribution in [0, 0.1) is 4.77 Å². The maximum absolute atomic E-state index is 12.7. The van der Waals surface area contributed by atoms with Crippen LogP contribution in [0.4, 0.5) is 11.4 Å². The van der Waals surface area contributed by atoms with E-state index in [0.29, 0.717) is 54.9 Å². The van der Waals surface area contributed by atoms with Gasteiger partial charge in [-0.15, -0.1) is 0 Å². The smallest absolute Gasteiger partial charge is 0.196 e. The molecule has 0 spiro atoms. The van der Waals surface area contributed by atoms with Crippen molar-refractivity contribution in [2.75, 3.05) is 11.5 Å². The molecule has 4 aromatic carbocycles. The van der Waals surface area contributed by atoms with Crippen LogP contribution in [0.25, 0.3) is 11.0 Å². The minimum absolute atomic E-state index is 0. The second kappa shape index (κ2) is 13.2. The Morgan fingerprint density at radius 3 is 1.51 bits per heavy atom. The van der Waals surface area contributed by atoms with Crippen LogP contribution in [-0.2, 0) is 0 Å². The lowest BCUT2D eigenvalue weighted by atomic mass is 9.83. The predicted octanol–water partition coefficient (Wildman–Crippen LogP) is 6.39. The highest BCUT2D eigenvalue weighted by molar-refractivity contribution is 7.93. The summed E-state index contributed by atoms with van der Waals surface area (Å²) in [5, 5.41) is 0. The van der Waals surface area contributed by atoms with Gasteiger partial charge in [0.1, 0.15) is 0 Å². The second-order valence-corrected chi connectivity index (χ2v) is 10.0. The largest absolute Gasteiger partial charge is 0.397 e. The molecule has 0 atom stereocenters. The zero-order valence-corrected chi connectivity index (χ0v) is 24.9. The van der Waals surface area contributed by atoms with Crippen LogP contribution in [-0.4, -0.2) is 37.4 Å². The number of anilines is 2. The average Bonchev–Trinajstić information content (AvgIpc) is 3.37. The summed E-state index contributed by atoms with van der Waals surface area (Å²) in [5.74, 6) is -0.708. The molecule has 43 heavy (non-hydrogen) atoms. The van der Waals surface area contributed by atoms with E-state index in [1.807, 2.05) is 4.31 Å². The maximum atomic E-state index is 12.7. The van der Waals surface area contributed by atoms with Gasteiger partial charge in [-0.2, -0.15) is 13.5 Å². The summed E-state index contributed by atoms with van der Waals surface area (Å²) in [6.07, 6.45) is 0. The molecular weight excluding hydrogens is 621 g/mol. The van der Waals surface area contributed by atoms with Crippen molar-refractivity contribution in [2.24, 2.45) is 0 Å². The molecule has 0 saturated heterocycles. The first-order chi connectivity index (χ1) is 19.7. The number of carbonyl (C=O) groups excluding carboxylic acids is 4. The van der Waals surface area contributed by atoms with Crippen molar-refractivity contribution in [3.63, 3.8) is 0 Å². The Labute approximate surface area is 269 Å². The van der Waals surface area contributed by atoms with Gasteiger partial charge >= 0.3 is 0 Å². The van der Waals surface area contributed by atoms with E-state index in [4.69, 9.17) is 23.7 Å². The molecule has 0 radical (unpaired) electrons. The van der Waals surface area contributed by atoms with Crippen molar-refractivity contribution in [3.8, 4) is 0 Å². The Morgan fingerprint density at radius 1 is 0.581 bits per heavy atom. The normalized spacial score (nSPS) is 11.9. The summed E-state index contributed by atoms with van der Waals surface area (Å²) in [5.41, 5.74) is 16.4. The van der Waals surface area contributed by atoms with Gasteiger partial charge in [-0.05, 0) is 60.9 Å². The molecule has 0 amide bonds. The van der Waals surface area contributed by atoms with Gasteiger partial charge < -0.3 is 21.4 Å². The third-order valence-electron chi connectivity index (χ3n) is 6.75. The number of H-pyrrole nitrogens is 2. The standard InChI is InChI=1S/C15H8N2O2S.C14H10N2O2.CS2.CH4.H2S/c18-13-7-3-1-2-4-8(7)14(19)11-9(13)5-6-10-12(11)17-15(20)16-10;15-10-6-5-9-11(12(10)16)14(18)8-4-2-1-3-7(8)13(9)17;2-1-3;;/h1-6H,(H2,16,17,20);1-6H,15-16H2;;1H4;1H2. The molecule has 2 aliphatic rings. The third-order valence-corrected chi connectivity index (χ3v) is 6.95. The molecular formula is C31H24N4O4S4. The SMILES string of the molecule is C.Nc1ccc2c(c1N)C(=O)c1ccccc1C2=O.O=C1c2ccccc2C(=O)c2c1ccc1[nH]c(=S)[nH]c21.S.S=C=S. The number of rotatable bonds is 0. The fourth-order valence-electron chi connectivity index (χ4n) is 4.92. The Hall–Kier alpha value is -4.58. The van der Waals surface area contributed by atoms with E-state index in [-0.39, 0.29) is 55.3 Å². The van der Waals surface area contributed by atoms with E-state index in [0.717, 1.165) is 5.52 Å². The Bertz CT molecular complexity index is 2060. The summed E-state index contributed by atoms with van der Waals surface area (Å²) in [6, 6.07) is 20.1. The summed E-state index contributed by atoms with van der Waals surface area (Å²) in [4.78, 5) is 55.7. The van der Waals surface area contributed by atoms with Gasteiger partial charge in [0, 0.05) is 37.7 Å². The number of nitrogens with one attached hydrogen (secondary N) is 2. The van der Waals surface area contributed by atoms with Gasteiger partial charge in [-0.1, -0.05) is 56.0 Å².